The van der Waals surface area contributed by atoms with Gasteiger partial charge in [0.05, 0.1) is 30.0 Å². The molecule has 0 bridgehead atoms. The van der Waals surface area contributed by atoms with Crippen molar-refractivity contribution >= 4 is 38.8 Å². The molecule has 4 unspecified atom stereocenters. The van der Waals surface area contributed by atoms with Crippen molar-refractivity contribution in [1.82, 2.24) is 30.2 Å². The number of ether oxygens (including phenoxy) is 4. The van der Waals surface area contributed by atoms with E-state index in [4.69, 9.17) is 25.4 Å². The van der Waals surface area contributed by atoms with Gasteiger partial charge in [0.2, 0.25) is 27.7 Å². The Hall–Kier alpha value is -5.61. The highest BCUT2D eigenvalue weighted by atomic mass is 32.2. The van der Waals surface area contributed by atoms with E-state index >= 15 is 13.2 Å². The molecule has 1 spiro atoms. The first-order valence-electron chi connectivity index (χ1n) is 22.8. The first-order chi connectivity index (χ1) is 31.6. The maximum Gasteiger partial charge on any atom is 0.437 e. The summed E-state index contributed by atoms with van der Waals surface area (Å²) >= 11 is 0. The van der Waals surface area contributed by atoms with E-state index in [1.54, 1.807) is 70.3 Å². The Bertz CT molecular complexity index is 2510. The summed E-state index contributed by atoms with van der Waals surface area (Å²) in [5.41, 5.74) is -4.99. The summed E-state index contributed by atoms with van der Waals surface area (Å²) in [5, 5.41) is 5.96. The summed E-state index contributed by atoms with van der Waals surface area (Å²) in [4.78, 5) is 52.3. The maximum atomic E-state index is 15.0. The normalized spacial score (nSPS) is 25.0. The van der Waals surface area contributed by atoms with Gasteiger partial charge in [-0.3, -0.25) is 9.59 Å². The minimum Gasteiger partial charge on any atom is -0.493 e. The van der Waals surface area contributed by atoms with Gasteiger partial charge >= 0.3 is 12.3 Å². The molecule has 0 radical (unpaired) electrons. The van der Waals surface area contributed by atoms with E-state index in [0.717, 1.165) is 0 Å². The number of sulfonamides is 1. The molecule has 4 aliphatic rings. The second-order valence-corrected chi connectivity index (χ2v) is 21.4. The summed E-state index contributed by atoms with van der Waals surface area (Å²) in [6.45, 7) is 6.51. The van der Waals surface area contributed by atoms with Crippen molar-refractivity contribution in [3.05, 3.63) is 66.0 Å². The molecule has 67 heavy (non-hydrogen) atoms. The standard InChI is InChI=1S/C48H59F3N6O9S/c1-6-46(30-53-67(61,62)45(5)23-24-45)21-13-10-8-7-9-11-16-36(55-43(60)66-44(2,3)4)42(59)57-31-47(29-37(57)41(58)56-46)22-20-33-34-28-32(63-26-15-27-64-38-17-12-14-25-52-38)18-19-35(34)54-40(39(33)65-47)48(49,50)51/h1,10,12-14,17-19,25,28,36-37,53H,7-9,11,15-16,20-24,26-27,29-31H2,2-5H3,(H,55,60)(H,56,58)/b13-10-. The summed E-state index contributed by atoms with van der Waals surface area (Å²) in [6, 6.07) is 7.38. The van der Waals surface area contributed by atoms with Crippen molar-refractivity contribution < 1.29 is 54.9 Å². The van der Waals surface area contributed by atoms with E-state index in [0.29, 0.717) is 68.6 Å². The lowest BCUT2D eigenvalue weighted by molar-refractivity contribution is -0.144. The van der Waals surface area contributed by atoms with E-state index in [1.165, 1.54) is 11.0 Å². The second-order valence-electron chi connectivity index (χ2n) is 19.1. The van der Waals surface area contributed by atoms with Crippen LogP contribution in [0.2, 0.25) is 0 Å². The molecule has 1 aliphatic carbocycles. The van der Waals surface area contributed by atoms with Crippen LogP contribution in [0.15, 0.2) is 54.7 Å². The molecule has 2 fully saturated rings. The van der Waals surface area contributed by atoms with Gasteiger partial charge in [-0.05, 0) is 96.9 Å². The molecule has 3 aromatic rings. The SMILES string of the molecule is C#CC1(CNS(=O)(=O)C2(C)CC2)C/C=C\CCCCCC(NC(=O)OC(C)(C)C)C(=O)N2CC3(CCc4c(c(C(F)(F)F)nc5ccc(OCCCOc6ccccn6)cc45)O3)CC2C(=O)N1. The zero-order valence-corrected chi connectivity index (χ0v) is 39.1. The van der Waals surface area contributed by atoms with Crippen LogP contribution >= 0.6 is 0 Å². The first kappa shape index (κ1) is 49.3. The van der Waals surface area contributed by atoms with Crippen LogP contribution < -0.4 is 29.6 Å². The zero-order chi connectivity index (χ0) is 48.3. The number of halogens is 3. The molecule has 15 nitrogen and oxygen atoms in total. The number of carbonyl (C=O) groups excluding carboxylic acids is 3. The monoisotopic (exact) mass is 952 g/mol. The molecular weight excluding hydrogens is 894 g/mol. The van der Waals surface area contributed by atoms with Crippen molar-refractivity contribution in [2.45, 2.75) is 144 Å². The summed E-state index contributed by atoms with van der Waals surface area (Å²) in [5.74, 6) is 1.53. The van der Waals surface area contributed by atoms with Gasteiger partial charge in [-0.15, -0.1) is 6.42 Å². The van der Waals surface area contributed by atoms with Gasteiger partial charge in [-0.1, -0.05) is 37.0 Å². The van der Waals surface area contributed by atoms with E-state index in [9.17, 15) is 22.8 Å². The highest BCUT2D eigenvalue weighted by Gasteiger charge is 2.56. The summed E-state index contributed by atoms with van der Waals surface area (Å²) in [6.07, 6.45) is 9.64. The molecule has 3 amide bonds. The van der Waals surface area contributed by atoms with Crippen LogP contribution in [0.4, 0.5) is 18.0 Å². The van der Waals surface area contributed by atoms with Crippen molar-refractivity contribution in [1.29, 1.82) is 0 Å². The van der Waals surface area contributed by atoms with Gasteiger partial charge in [0.1, 0.15) is 34.6 Å². The summed E-state index contributed by atoms with van der Waals surface area (Å²) < 4.78 is 97.0. The molecule has 362 valence electrons. The van der Waals surface area contributed by atoms with E-state index in [-0.39, 0.29) is 62.9 Å². The number of nitrogens with one attached hydrogen (secondary N) is 3. The van der Waals surface area contributed by atoms with Gasteiger partial charge in [-0.2, -0.15) is 13.2 Å². The first-order valence-corrected chi connectivity index (χ1v) is 24.3. The van der Waals surface area contributed by atoms with Crippen LogP contribution in [0.5, 0.6) is 17.4 Å². The van der Waals surface area contributed by atoms with Crippen LogP contribution in [0, 0.1) is 12.3 Å². The van der Waals surface area contributed by atoms with Crippen molar-refractivity contribution in [2.75, 3.05) is 26.3 Å². The number of alkyl halides is 3. The predicted molar refractivity (Wildman–Crippen MR) is 243 cm³/mol. The van der Waals surface area contributed by atoms with Crippen LogP contribution in [0.25, 0.3) is 10.9 Å². The van der Waals surface area contributed by atoms with E-state index in [2.05, 4.69) is 31.2 Å². The van der Waals surface area contributed by atoms with Crippen LogP contribution in [-0.4, -0.2) is 101 Å². The second kappa shape index (κ2) is 19.5. The molecule has 3 aliphatic heterocycles. The molecule has 7 rings (SSSR count). The molecule has 1 saturated heterocycles. The molecule has 1 saturated carbocycles. The fourth-order valence-electron chi connectivity index (χ4n) is 8.64. The third kappa shape index (κ3) is 11.7. The Balaban J connectivity index is 1.21. The number of hydrogen-bond acceptors (Lipinski definition) is 11. The third-order valence-electron chi connectivity index (χ3n) is 12.7. The van der Waals surface area contributed by atoms with Gasteiger partial charge in [0.15, 0.2) is 11.4 Å². The number of hydrogen-bond donors (Lipinski definition) is 3. The average molecular weight is 953 g/mol. The molecule has 3 N–H and O–H groups in total. The fraction of sp³-hybridized carbons (Fsp3) is 0.562. The number of allylic oxidation sites excluding steroid dienone is 1. The molecule has 5 heterocycles. The highest BCUT2D eigenvalue weighted by Crippen LogP contribution is 2.49. The van der Waals surface area contributed by atoms with Crippen LogP contribution in [-0.2, 0) is 36.9 Å². The molecule has 19 heteroatoms. The Morgan fingerprint density at radius 1 is 1.06 bits per heavy atom. The number of rotatable bonds is 11. The zero-order valence-electron chi connectivity index (χ0n) is 38.3. The Morgan fingerprint density at radius 3 is 2.54 bits per heavy atom. The highest BCUT2D eigenvalue weighted by molar-refractivity contribution is 7.91. The third-order valence-corrected chi connectivity index (χ3v) is 14.9. The van der Waals surface area contributed by atoms with Crippen LogP contribution in [0.3, 0.4) is 0 Å². The lowest BCUT2D eigenvalue weighted by Gasteiger charge is -2.37. The average Bonchev–Trinajstić information content (AvgIpc) is 3.94. The van der Waals surface area contributed by atoms with Crippen molar-refractivity contribution in [3.63, 3.8) is 0 Å². The van der Waals surface area contributed by atoms with Gasteiger partial charge in [0, 0.05) is 49.0 Å². The minimum atomic E-state index is -4.96. The summed E-state index contributed by atoms with van der Waals surface area (Å²) in [7, 11) is -3.85. The van der Waals surface area contributed by atoms with Crippen LogP contribution in [0.1, 0.15) is 110 Å². The molecule has 4 atom stereocenters. The quantitative estimate of drug-likeness (QED) is 0.103. The maximum absolute atomic E-state index is 15.0. The molecule has 2 aromatic heterocycles. The predicted octanol–water partition coefficient (Wildman–Crippen LogP) is 6.93. The Morgan fingerprint density at radius 2 is 1.84 bits per heavy atom. The minimum absolute atomic E-state index is 0.0331. The fourth-order valence-corrected chi connectivity index (χ4v) is 10.1. The number of aromatic nitrogens is 2. The number of nitrogens with zero attached hydrogens (tertiary/aromatic N) is 3. The number of amides is 3. The number of aryl methyl sites for hydroxylation is 1. The number of fused-ring (bicyclic) bond motifs is 4. The largest absolute Gasteiger partial charge is 0.493 e. The van der Waals surface area contributed by atoms with Gasteiger partial charge in [-0.25, -0.2) is 27.9 Å². The van der Waals surface area contributed by atoms with Gasteiger partial charge < -0.3 is 34.5 Å². The lowest BCUT2D eigenvalue weighted by atomic mass is 9.86. The Kier molecular flexibility index (Phi) is 14.4. The van der Waals surface area contributed by atoms with Gasteiger partial charge in [0.25, 0.3) is 0 Å². The van der Waals surface area contributed by atoms with E-state index in [1.807, 2.05) is 6.08 Å². The van der Waals surface area contributed by atoms with Crippen molar-refractivity contribution in [2.24, 2.45) is 0 Å². The molecular formula is C48H59F3N6O9S. The van der Waals surface area contributed by atoms with E-state index < -0.39 is 79.1 Å². The lowest BCUT2D eigenvalue weighted by Crippen LogP contribution is -2.60. The topological polar surface area (TPSA) is 187 Å². The number of benzene rings is 1. The number of carbonyl (C=O) groups is 3. The smallest absolute Gasteiger partial charge is 0.437 e. The number of alkyl carbamates (subject to hydrolysis) is 1. The molecule has 1 aromatic carbocycles. The van der Waals surface area contributed by atoms with Crippen molar-refractivity contribution in [3.8, 4) is 29.7 Å². The Labute approximate surface area is 389 Å². The number of terminal acetylenes is 1. The number of pyridine rings is 2.